The quantitative estimate of drug-likeness (QED) is 0.450. The molecule has 84 valence electrons. The molecule has 0 unspecified atom stereocenters. The highest BCUT2D eigenvalue weighted by atomic mass is 15.1. The minimum Gasteiger partial charge on any atom is -0.399 e. The third kappa shape index (κ3) is 2.73. The molecule has 0 bridgehead atoms. The number of nitrogen functional groups attached to an aromatic ring is 1. The van der Waals surface area contributed by atoms with Crippen LogP contribution in [0.2, 0.25) is 0 Å². The standard InChI is InChI=1S/C13H17N3/c1-4-8-16(9-5-2)13-10-11(14)6-7-12(13)15-3/h4-7,10H,1-3,8-9,14H2. The molecule has 0 aliphatic carbocycles. The molecule has 0 saturated heterocycles. The lowest BCUT2D eigenvalue weighted by Crippen LogP contribution is -2.23. The summed E-state index contributed by atoms with van der Waals surface area (Å²) in [5.74, 6) is 0. The Kier molecular flexibility index (Phi) is 4.33. The molecule has 0 heterocycles. The van der Waals surface area contributed by atoms with E-state index < -0.39 is 0 Å². The van der Waals surface area contributed by atoms with Gasteiger partial charge in [-0.05, 0) is 24.9 Å². The number of benzene rings is 1. The number of hydrogen-bond acceptors (Lipinski definition) is 3. The van der Waals surface area contributed by atoms with Gasteiger partial charge in [0, 0.05) is 18.8 Å². The summed E-state index contributed by atoms with van der Waals surface area (Å²) in [6, 6.07) is 5.56. The molecule has 1 aromatic carbocycles. The van der Waals surface area contributed by atoms with E-state index in [2.05, 4.69) is 29.8 Å². The Morgan fingerprint density at radius 3 is 2.38 bits per heavy atom. The van der Waals surface area contributed by atoms with Gasteiger partial charge >= 0.3 is 0 Å². The Hall–Kier alpha value is -2.03. The molecular formula is C13H17N3. The fraction of sp³-hybridized carbons (Fsp3) is 0.154. The van der Waals surface area contributed by atoms with E-state index >= 15 is 0 Å². The van der Waals surface area contributed by atoms with Crippen molar-refractivity contribution in [3.8, 4) is 0 Å². The zero-order valence-electron chi connectivity index (χ0n) is 9.39. The van der Waals surface area contributed by atoms with Gasteiger partial charge in [-0.25, -0.2) is 0 Å². The van der Waals surface area contributed by atoms with Crippen LogP contribution in [0.4, 0.5) is 17.1 Å². The predicted molar refractivity (Wildman–Crippen MR) is 72.7 cm³/mol. The number of rotatable bonds is 6. The number of aliphatic imine (C=N–C) groups is 1. The third-order valence-electron chi connectivity index (χ3n) is 2.21. The smallest absolute Gasteiger partial charge is 0.0857 e. The van der Waals surface area contributed by atoms with Crippen LogP contribution in [0.15, 0.2) is 48.5 Å². The lowest BCUT2D eigenvalue weighted by atomic mass is 10.2. The Labute approximate surface area is 96.6 Å². The van der Waals surface area contributed by atoms with E-state index in [1.807, 2.05) is 30.4 Å². The molecule has 0 saturated carbocycles. The molecule has 0 fully saturated rings. The summed E-state index contributed by atoms with van der Waals surface area (Å²) < 4.78 is 0. The van der Waals surface area contributed by atoms with E-state index in [-0.39, 0.29) is 0 Å². The SMILES string of the molecule is C=CCN(CC=C)c1cc(N)ccc1N=C. The van der Waals surface area contributed by atoms with Crippen LogP contribution in [0.3, 0.4) is 0 Å². The van der Waals surface area contributed by atoms with E-state index in [4.69, 9.17) is 5.73 Å². The summed E-state index contributed by atoms with van der Waals surface area (Å²) in [7, 11) is 0. The van der Waals surface area contributed by atoms with E-state index in [1.54, 1.807) is 0 Å². The maximum absolute atomic E-state index is 5.77. The highest BCUT2D eigenvalue weighted by Gasteiger charge is 2.08. The van der Waals surface area contributed by atoms with Crippen LogP contribution < -0.4 is 10.6 Å². The van der Waals surface area contributed by atoms with Gasteiger partial charge in [0.2, 0.25) is 0 Å². The van der Waals surface area contributed by atoms with Gasteiger partial charge in [0.1, 0.15) is 0 Å². The summed E-state index contributed by atoms with van der Waals surface area (Å²) in [5.41, 5.74) is 8.25. The average molecular weight is 215 g/mol. The zero-order valence-corrected chi connectivity index (χ0v) is 9.39. The van der Waals surface area contributed by atoms with Crippen molar-refractivity contribution in [3.63, 3.8) is 0 Å². The van der Waals surface area contributed by atoms with Crippen molar-refractivity contribution in [1.82, 2.24) is 0 Å². The van der Waals surface area contributed by atoms with E-state index in [9.17, 15) is 0 Å². The molecule has 0 aliphatic heterocycles. The largest absolute Gasteiger partial charge is 0.399 e. The second-order valence-corrected chi connectivity index (χ2v) is 3.39. The molecule has 0 spiro atoms. The molecule has 0 radical (unpaired) electrons. The molecule has 16 heavy (non-hydrogen) atoms. The summed E-state index contributed by atoms with van der Waals surface area (Å²) in [6.45, 7) is 12.5. The summed E-state index contributed by atoms with van der Waals surface area (Å²) in [5, 5.41) is 0. The highest BCUT2D eigenvalue weighted by Crippen LogP contribution is 2.30. The minimum atomic E-state index is 0.709. The van der Waals surface area contributed by atoms with Crippen molar-refractivity contribution in [2.24, 2.45) is 4.99 Å². The molecule has 2 N–H and O–H groups in total. The first-order valence-corrected chi connectivity index (χ1v) is 5.06. The molecule has 3 nitrogen and oxygen atoms in total. The summed E-state index contributed by atoms with van der Waals surface area (Å²) in [4.78, 5) is 6.06. The van der Waals surface area contributed by atoms with Crippen LogP contribution in [0.1, 0.15) is 0 Å². The fourth-order valence-electron chi connectivity index (χ4n) is 1.51. The molecule has 1 rings (SSSR count). The normalized spacial score (nSPS) is 9.50. The van der Waals surface area contributed by atoms with Crippen LogP contribution in [0.5, 0.6) is 0 Å². The Bertz CT molecular complexity index is 386. The van der Waals surface area contributed by atoms with Crippen molar-refractivity contribution < 1.29 is 0 Å². The average Bonchev–Trinajstić information content (AvgIpc) is 2.29. The summed E-state index contributed by atoms with van der Waals surface area (Å²) in [6.07, 6.45) is 3.67. The number of anilines is 2. The van der Waals surface area contributed by atoms with Crippen LogP contribution >= 0.6 is 0 Å². The van der Waals surface area contributed by atoms with Crippen LogP contribution in [-0.2, 0) is 0 Å². The monoisotopic (exact) mass is 215 g/mol. The topological polar surface area (TPSA) is 41.6 Å². The molecule has 3 heteroatoms. The number of nitrogens with two attached hydrogens (primary N) is 1. The second-order valence-electron chi connectivity index (χ2n) is 3.39. The van der Waals surface area contributed by atoms with E-state index in [0.717, 1.165) is 24.5 Å². The van der Waals surface area contributed by atoms with Gasteiger partial charge in [0.15, 0.2) is 0 Å². The van der Waals surface area contributed by atoms with E-state index in [0.29, 0.717) is 5.69 Å². The molecule has 0 aliphatic rings. The fourth-order valence-corrected chi connectivity index (χ4v) is 1.51. The first kappa shape index (κ1) is 12.0. The third-order valence-corrected chi connectivity index (χ3v) is 2.21. The van der Waals surface area contributed by atoms with Gasteiger partial charge in [-0.3, -0.25) is 4.99 Å². The number of nitrogens with zero attached hydrogens (tertiary/aromatic N) is 2. The van der Waals surface area contributed by atoms with Crippen molar-refractivity contribution in [2.75, 3.05) is 23.7 Å². The van der Waals surface area contributed by atoms with Gasteiger partial charge in [0.05, 0.1) is 11.4 Å². The molecule has 1 aromatic rings. The van der Waals surface area contributed by atoms with Gasteiger partial charge in [0.25, 0.3) is 0 Å². The van der Waals surface area contributed by atoms with Crippen LogP contribution in [0.25, 0.3) is 0 Å². The lowest BCUT2D eigenvalue weighted by molar-refractivity contribution is 0.957. The Morgan fingerprint density at radius 2 is 1.88 bits per heavy atom. The first-order chi connectivity index (χ1) is 7.72. The highest BCUT2D eigenvalue weighted by molar-refractivity contribution is 5.73. The molecule has 0 aromatic heterocycles. The van der Waals surface area contributed by atoms with Gasteiger partial charge in [-0.15, -0.1) is 13.2 Å². The maximum Gasteiger partial charge on any atom is 0.0857 e. The summed E-state index contributed by atoms with van der Waals surface area (Å²) >= 11 is 0. The van der Waals surface area contributed by atoms with Crippen LogP contribution in [0, 0.1) is 0 Å². The predicted octanol–water partition coefficient (Wildman–Crippen LogP) is 2.78. The second kappa shape index (κ2) is 5.75. The minimum absolute atomic E-state index is 0.709. The van der Waals surface area contributed by atoms with Crippen molar-refractivity contribution >= 4 is 23.8 Å². The van der Waals surface area contributed by atoms with Crippen molar-refractivity contribution in [1.29, 1.82) is 0 Å². The first-order valence-electron chi connectivity index (χ1n) is 5.06. The Morgan fingerprint density at radius 1 is 1.25 bits per heavy atom. The van der Waals surface area contributed by atoms with Crippen molar-refractivity contribution in [2.45, 2.75) is 0 Å². The maximum atomic E-state index is 5.77. The molecular weight excluding hydrogens is 198 g/mol. The number of hydrogen-bond donors (Lipinski definition) is 1. The van der Waals surface area contributed by atoms with Gasteiger partial charge in [-0.2, -0.15) is 0 Å². The zero-order chi connectivity index (χ0) is 12.0. The van der Waals surface area contributed by atoms with Crippen molar-refractivity contribution in [3.05, 3.63) is 43.5 Å². The van der Waals surface area contributed by atoms with Gasteiger partial charge < -0.3 is 10.6 Å². The van der Waals surface area contributed by atoms with Crippen LogP contribution in [-0.4, -0.2) is 19.8 Å². The Balaban J connectivity index is 3.13. The van der Waals surface area contributed by atoms with Gasteiger partial charge in [-0.1, -0.05) is 12.2 Å². The lowest BCUT2D eigenvalue weighted by Gasteiger charge is -2.23. The molecule has 0 amide bonds. The molecule has 0 atom stereocenters. The van der Waals surface area contributed by atoms with E-state index in [1.165, 1.54) is 0 Å².